The van der Waals surface area contributed by atoms with Gasteiger partial charge >= 0.3 is 0 Å². The summed E-state index contributed by atoms with van der Waals surface area (Å²) >= 11 is 0. The third kappa shape index (κ3) is 4.87. The van der Waals surface area contributed by atoms with Crippen molar-refractivity contribution in [1.29, 1.82) is 0 Å². The Morgan fingerprint density at radius 1 is 1.24 bits per heavy atom. The highest BCUT2D eigenvalue weighted by Crippen LogP contribution is 2.25. The number of fused-ring (bicyclic) bond motifs is 1. The lowest BCUT2D eigenvalue weighted by molar-refractivity contribution is -0.137. The molecule has 29 heavy (non-hydrogen) atoms. The molecule has 10 heteroatoms. The minimum Gasteiger partial charge on any atom is -0.482 e. The van der Waals surface area contributed by atoms with E-state index in [9.17, 15) is 9.59 Å². The van der Waals surface area contributed by atoms with Crippen molar-refractivity contribution in [3.8, 4) is 5.75 Å². The van der Waals surface area contributed by atoms with Crippen LogP contribution >= 0.6 is 12.4 Å². The van der Waals surface area contributed by atoms with Crippen LogP contribution in [0, 0.1) is 0 Å². The van der Waals surface area contributed by atoms with Crippen LogP contribution in [0.2, 0.25) is 0 Å². The lowest BCUT2D eigenvalue weighted by atomic mass is 10.1. The molecule has 4 rings (SSSR count). The molecule has 3 heterocycles. The van der Waals surface area contributed by atoms with Crippen LogP contribution in [-0.4, -0.2) is 66.4 Å². The summed E-state index contributed by atoms with van der Waals surface area (Å²) in [6.45, 7) is 3.61. The van der Waals surface area contributed by atoms with E-state index in [-0.39, 0.29) is 30.8 Å². The van der Waals surface area contributed by atoms with Gasteiger partial charge in [0.2, 0.25) is 0 Å². The molecule has 2 aliphatic heterocycles. The topological polar surface area (TPSA) is 109 Å². The van der Waals surface area contributed by atoms with Gasteiger partial charge in [-0.15, -0.1) is 12.4 Å². The molecular weight excluding hydrogens is 398 g/mol. The molecule has 1 aromatic carbocycles. The molecule has 1 saturated heterocycles. The van der Waals surface area contributed by atoms with Gasteiger partial charge in [-0.1, -0.05) is 12.1 Å². The molecule has 0 aliphatic carbocycles. The normalized spacial score (nSPS) is 15.8. The summed E-state index contributed by atoms with van der Waals surface area (Å²) in [6, 6.07) is 7.06. The van der Waals surface area contributed by atoms with Crippen molar-refractivity contribution in [2.75, 3.05) is 44.8 Å². The van der Waals surface area contributed by atoms with Crippen molar-refractivity contribution in [2.45, 2.75) is 13.0 Å². The van der Waals surface area contributed by atoms with Crippen LogP contribution < -0.4 is 15.4 Å². The van der Waals surface area contributed by atoms with Crippen molar-refractivity contribution in [3.63, 3.8) is 0 Å². The van der Waals surface area contributed by atoms with E-state index < -0.39 is 0 Å². The maximum absolute atomic E-state index is 12.7. The molecule has 1 fully saturated rings. The van der Waals surface area contributed by atoms with E-state index in [2.05, 4.69) is 20.8 Å². The Morgan fingerprint density at radius 2 is 2.03 bits per heavy atom. The fourth-order valence-electron chi connectivity index (χ4n) is 3.33. The first-order chi connectivity index (χ1) is 13.7. The Morgan fingerprint density at radius 3 is 2.86 bits per heavy atom. The second-order valence-electron chi connectivity index (χ2n) is 6.69. The second-order valence-corrected chi connectivity index (χ2v) is 6.69. The summed E-state index contributed by atoms with van der Waals surface area (Å²) in [5.41, 5.74) is 2.76. The van der Waals surface area contributed by atoms with E-state index in [1.165, 1.54) is 0 Å². The van der Waals surface area contributed by atoms with Gasteiger partial charge in [0.15, 0.2) is 12.3 Å². The van der Waals surface area contributed by atoms with Gasteiger partial charge in [-0.3, -0.25) is 14.7 Å². The lowest BCUT2D eigenvalue weighted by Crippen LogP contribution is -2.43. The minimum absolute atomic E-state index is 0. The molecule has 1 aromatic heterocycles. The van der Waals surface area contributed by atoms with Crippen molar-refractivity contribution in [2.24, 2.45) is 0 Å². The van der Waals surface area contributed by atoms with Gasteiger partial charge in [0.25, 0.3) is 11.8 Å². The number of benzene rings is 1. The highest BCUT2D eigenvalue weighted by Gasteiger charge is 2.23. The summed E-state index contributed by atoms with van der Waals surface area (Å²) in [6.07, 6.45) is 0.818. The standard InChI is InChI=1S/C19H23N5O4.ClH/c25-17(24-7-9-27-10-8-24)12-28-16-4-2-1-3-15(16)21-19(26)18-13-11-20-6-5-14(13)22-23-18;/h1-4,20H,5-12H2,(H,21,26)(H,22,23);1H. The predicted octanol–water partition coefficient (Wildman–Crippen LogP) is 0.967. The van der Waals surface area contributed by atoms with Gasteiger partial charge in [-0.05, 0) is 12.1 Å². The molecule has 0 radical (unpaired) electrons. The summed E-state index contributed by atoms with van der Waals surface area (Å²) < 4.78 is 11.0. The molecule has 156 valence electrons. The van der Waals surface area contributed by atoms with Gasteiger partial charge in [0.1, 0.15) is 5.75 Å². The van der Waals surface area contributed by atoms with E-state index in [0.717, 1.165) is 24.2 Å². The lowest BCUT2D eigenvalue weighted by Gasteiger charge is -2.26. The first-order valence-electron chi connectivity index (χ1n) is 9.38. The minimum atomic E-state index is -0.309. The fourth-order valence-corrected chi connectivity index (χ4v) is 3.33. The Balaban J connectivity index is 0.00000240. The molecule has 0 unspecified atom stereocenters. The van der Waals surface area contributed by atoms with Crippen LogP contribution in [0.4, 0.5) is 5.69 Å². The van der Waals surface area contributed by atoms with Gasteiger partial charge in [0.05, 0.1) is 18.9 Å². The van der Waals surface area contributed by atoms with Crippen LogP contribution in [0.3, 0.4) is 0 Å². The fraction of sp³-hybridized carbons (Fsp3) is 0.421. The zero-order chi connectivity index (χ0) is 19.3. The smallest absolute Gasteiger partial charge is 0.276 e. The number of H-pyrrole nitrogens is 1. The molecule has 2 aliphatic rings. The van der Waals surface area contributed by atoms with Gasteiger partial charge in [-0.25, -0.2) is 0 Å². The number of aromatic amines is 1. The van der Waals surface area contributed by atoms with E-state index >= 15 is 0 Å². The third-order valence-corrected chi connectivity index (χ3v) is 4.87. The highest BCUT2D eigenvalue weighted by atomic mass is 35.5. The SMILES string of the molecule is Cl.O=C(Nc1ccccc1OCC(=O)N1CCOCC1)c1n[nH]c2c1CNCC2. The maximum Gasteiger partial charge on any atom is 0.276 e. The number of para-hydroxylation sites is 2. The summed E-state index contributed by atoms with van der Waals surface area (Å²) in [7, 11) is 0. The van der Waals surface area contributed by atoms with Crippen molar-refractivity contribution < 1.29 is 19.1 Å². The molecular formula is C19H24ClN5O4. The predicted molar refractivity (Wildman–Crippen MR) is 109 cm³/mol. The number of morpholine rings is 1. The number of amides is 2. The number of hydrogen-bond acceptors (Lipinski definition) is 6. The number of carbonyl (C=O) groups is 2. The van der Waals surface area contributed by atoms with E-state index in [1.54, 1.807) is 29.2 Å². The maximum atomic E-state index is 12.7. The number of carbonyl (C=O) groups excluding carboxylic acids is 2. The van der Waals surface area contributed by atoms with Gasteiger partial charge < -0.3 is 25.0 Å². The van der Waals surface area contributed by atoms with Crippen LogP contribution in [-0.2, 0) is 22.5 Å². The number of rotatable bonds is 5. The van der Waals surface area contributed by atoms with Crippen LogP contribution in [0.15, 0.2) is 24.3 Å². The number of hydrogen-bond donors (Lipinski definition) is 3. The van der Waals surface area contributed by atoms with Crippen molar-refractivity contribution >= 4 is 29.9 Å². The second kappa shape index (κ2) is 9.73. The van der Waals surface area contributed by atoms with Crippen LogP contribution in [0.1, 0.15) is 21.7 Å². The Bertz CT molecular complexity index is 866. The molecule has 3 N–H and O–H groups in total. The average Bonchev–Trinajstić information content (AvgIpc) is 3.18. The molecule has 0 spiro atoms. The number of ether oxygens (including phenoxy) is 2. The first kappa shape index (κ1) is 21.1. The number of anilines is 1. The largest absolute Gasteiger partial charge is 0.482 e. The highest BCUT2D eigenvalue weighted by molar-refractivity contribution is 6.04. The molecule has 2 amide bonds. The Kier molecular flexibility index (Phi) is 7.08. The van der Waals surface area contributed by atoms with E-state index in [4.69, 9.17) is 9.47 Å². The Hall–Kier alpha value is -2.62. The third-order valence-electron chi connectivity index (χ3n) is 4.87. The molecule has 2 aromatic rings. The van der Waals surface area contributed by atoms with Gasteiger partial charge in [-0.2, -0.15) is 5.10 Å². The number of halogens is 1. The Labute approximate surface area is 174 Å². The van der Waals surface area contributed by atoms with Gasteiger partial charge in [0, 0.05) is 43.9 Å². The zero-order valence-corrected chi connectivity index (χ0v) is 16.7. The first-order valence-corrected chi connectivity index (χ1v) is 9.38. The zero-order valence-electron chi connectivity index (χ0n) is 15.9. The molecule has 9 nitrogen and oxygen atoms in total. The molecule has 0 bridgehead atoms. The molecule has 0 saturated carbocycles. The number of nitrogens with one attached hydrogen (secondary N) is 3. The number of nitrogens with zero attached hydrogens (tertiary/aromatic N) is 2. The summed E-state index contributed by atoms with van der Waals surface area (Å²) in [5, 5.41) is 13.2. The van der Waals surface area contributed by atoms with Crippen molar-refractivity contribution in [3.05, 3.63) is 41.2 Å². The van der Waals surface area contributed by atoms with Crippen LogP contribution in [0.25, 0.3) is 0 Å². The van der Waals surface area contributed by atoms with E-state index in [1.807, 2.05) is 0 Å². The van der Waals surface area contributed by atoms with Crippen molar-refractivity contribution in [1.82, 2.24) is 20.4 Å². The summed E-state index contributed by atoms with van der Waals surface area (Å²) in [5.74, 6) is 0.0358. The summed E-state index contributed by atoms with van der Waals surface area (Å²) in [4.78, 5) is 26.7. The van der Waals surface area contributed by atoms with Crippen LogP contribution in [0.5, 0.6) is 5.75 Å². The number of aromatic nitrogens is 2. The quantitative estimate of drug-likeness (QED) is 0.663. The average molecular weight is 422 g/mol. The molecule has 0 atom stereocenters. The monoisotopic (exact) mass is 421 g/mol. The van der Waals surface area contributed by atoms with E-state index in [0.29, 0.717) is 50.0 Å².